The van der Waals surface area contributed by atoms with Crippen molar-refractivity contribution >= 4 is 0 Å². The smallest absolute Gasteiger partial charge is 0.122 e. The van der Waals surface area contributed by atoms with Gasteiger partial charge in [0.15, 0.2) is 0 Å². The Bertz CT molecular complexity index is 362. The van der Waals surface area contributed by atoms with E-state index in [2.05, 4.69) is 20.8 Å². The first-order valence-corrected chi connectivity index (χ1v) is 6.21. The molecule has 1 N–H and O–H groups in total. The second-order valence-corrected chi connectivity index (χ2v) is 5.86. The Kier molecular flexibility index (Phi) is 4.58. The molecule has 1 rings (SSSR count). The Morgan fingerprint density at radius 3 is 2.41 bits per heavy atom. The minimum atomic E-state index is -0.419. The molecular weight excluding hydrogens is 212 g/mol. The molecule has 0 fully saturated rings. The second kappa shape index (κ2) is 5.54. The third-order valence-electron chi connectivity index (χ3n) is 2.79. The quantitative estimate of drug-likeness (QED) is 0.860. The van der Waals surface area contributed by atoms with Crippen molar-refractivity contribution in [3.63, 3.8) is 0 Å². The molecule has 0 saturated heterocycles. The summed E-state index contributed by atoms with van der Waals surface area (Å²) in [7, 11) is 0. The third kappa shape index (κ3) is 4.78. The van der Waals surface area contributed by atoms with Crippen LogP contribution in [0.4, 0.5) is 0 Å². The van der Waals surface area contributed by atoms with Gasteiger partial charge in [-0.15, -0.1) is 0 Å². The van der Waals surface area contributed by atoms with Gasteiger partial charge in [-0.05, 0) is 48.9 Å². The molecule has 0 heterocycles. The van der Waals surface area contributed by atoms with Gasteiger partial charge in [-0.2, -0.15) is 0 Å². The highest BCUT2D eigenvalue weighted by Crippen LogP contribution is 2.24. The van der Waals surface area contributed by atoms with Crippen molar-refractivity contribution in [2.45, 2.75) is 47.1 Å². The normalized spacial score (nSPS) is 13.5. The van der Waals surface area contributed by atoms with Gasteiger partial charge in [0.2, 0.25) is 0 Å². The monoisotopic (exact) mass is 236 g/mol. The maximum Gasteiger partial charge on any atom is 0.122 e. The van der Waals surface area contributed by atoms with Crippen molar-refractivity contribution < 1.29 is 9.84 Å². The minimum absolute atomic E-state index is 0.299. The number of benzene rings is 1. The lowest BCUT2D eigenvalue weighted by Gasteiger charge is -2.19. The predicted molar refractivity (Wildman–Crippen MR) is 71.4 cm³/mol. The standard InChI is InChI=1S/C15H24O2/c1-11-10-13(12(2)16)6-7-14(11)17-9-8-15(3,4)5/h6-7,10,12,16H,8-9H2,1-5H3. The number of aryl methyl sites for hydroxylation is 1. The Balaban J connectivity index is 2.61. The first-order valence-electron chi connectivity index (χ1n) is 6.21. The van der Waals surface area contributed by atoms with Crippen molar-refractivity contribution in [3.8, 4) is 5.75 Å². The average molecular weight is 236 g/mol. The van der Waals surface area contributed by atoms with Gasteiger partial charge in [0.25, 0.3) is 0 Å². The summed E-state index contributed by atoms with van der Waals surface area (Å²) in [4.78, 5) is 0. The van der Waals surface area contributed by atoms with Gasteiger partial charge in [-0.1, -0.05) is 26.8 Å². The summed E-state index contributed by atoms with van der Waals surface area (Å²) >= 11 is 0. The topological polar surface area (TPSA) is 29.5 Å². The van der Waals surface area contributed by atoms with Gasteiger partial charge >= 0.3 is 0 Å². The number of aliphatic hydroxyl groups is 1. The number of hydrogen-bond acceptors (Lipinski definition) is 2. The van der Waals surface area contributed by atoms with E-state index >= 15 is 0 Å². The summed E-state index contributed by atoms with van der Waals surface area (Å²) in [5, 5.41) is 9.48. The molecule has 2 heteroatoms. The van der Waals surface area contributed by atoms with Crippen LogP contribution >= 0.6 is 0 Å². The van der Waals surface area contributed by atoms with E-state index in [1.54, 1.807) is 6.92 Å². The first kappa shape index (κ1) is 14.0. The van der Waals surface area contributed by atoms with E-state index in [1.165, 1.54) is 0 Å². The van der Waals surface area contributed by atoms with Crippen LogP contribution in [0.15, 0.2) is 18.2 Å². The lowest BCUT2D eigenvalue weighted by Crippen LogP contribution is -2.11. The average Bonchev–Trinajstić information content (AvgIpc) is 2.18. The van der Waals surface area contributed by atoms with Crippen molar-refractivity contribution in [1.82, 2.24) is 0 Å². The van der Waals surface area contributed by atoms with Crippen molar-refractivity contribution in [3.05, 3.63) is 29.3 Å². The fraction of sp³-hybridized carbons (Fsp3) is 0.600. The summed E-state index contributed by atoms with van der Waals surface area (Å²) in [6.07, 6.45) is 0.613. The molecule has 0 spiro atoms. The van der Waals surface area contributed by atoms with Crippen molar-refractivity contribution in [2.24, 2.45) is 5.41 Å². The SMILES string of the molecule is Cc1cc(C(C)O)ccc1OCCC(C)(C)C. The Labute approximate surface area is 105 Å². The molecule has 0 saturated carbocycles. The van der Waals surface area contributed by atoms with Gasteiger partial charge in [0.1, 0.15) is 5.75 Å². The number of aliphatic hydroxyl groups excluding tert-OH is 1. The molecule has 2 nitrogen and oxygen atoms in total. The summed E-state index contributed by atoms with van der Waals surface area (Å²) in [5.74, 6) is 0.915. The zero-order valence-corrected chi connectivity index (χ0v) is 11.6. The van der Waals surface area contributed by atoms with Crippen LogP contribution in [0.3, 0.4) is 0 Å². The van der Waals surface area contributed by atoms with Crippen molar-refractivity contribution in [2.75, 3.05) is 6.61 Å². The van der Waals surface area contributed by atoms with Gasteiger partial charge in [0.05, 0.1) is 12.7 Å². The van der Waals surface area contributed by atoms with Crippen LogP contribution in [0.2, 0.25) is 0 Å². The molecular formula is C15H24O2. The Hall–Kier alpha value is -1.02. The highest BCUT2D eigenvalue weighted by molar-refractivity contribution is 5.36. The second-order valence-electron chi connectivity index (χ2n) is 5.86. The van der Waals surface area contributed by atoms with Gasteiger partial charge in [-0.25, -0.2) is 0 Å². The lowest BCUT2D eigenvalue weighted by molar-refractivity contribution is 0.199. The van der Waals surface area contributed by atoms with Gasteiger partial charge in [-0.3, -0.25) is 0 Å². The Morgan fingerprint density at radius 2 is 1.94 bits per heavy atom. The van der Waals surface area contributed by atoms with E-state index in [-0.39, 0.29) is 0 Å². The van der Waals surface area contributed by atoms with Crippen LogP contribution in [0.1, 0.15) is 51.3 Å². The van der Waals surface area contributed by atoms with Crippen LogP contribution in [0.25, 0.3) is 0 Å². The highest BCUT2D eigenvalue weighted by Gasteiger charge is 2.11. The van der Waals surface area contributed by atoms with Crippen LogP contribution in [0.5, 0.6) is 5.75 Å². The van der Waals surface area contributed by atoms with E-state index in [0.29, 0.717) is 5.41 Å². The highest BCUT2D eigenvalue weighted by atomic mass is 16.5. The van der Waals surface area contributed by atoms with Crippen LogP contribution < -0.4 is 4.74 Å². The van der Waals surface area contributed by atoms with Crippen LogP contribution in [0, 0.1) is 12.3 Å². The van der Waals surface area contributed by atoms with E-state index < -0.39 is 6.10 Å². The largest absolute Gasteiger partial charge is 0.493 e. The minimum Gasteiger partial charge on any atom is -0.493 e. The lowest BCUT2D eigenvalue weighted by atomic mass is 9.93. The molecule has 0 amide bonds. The number of ether oxygens (including phenoxy) is 1. The fourth-order valence-corrected chi connectivity index (χ4v) is 1.56. The van der Waals surface area contributed by atoms with Gasteiger partial charge < -0.3 is 9.84 Å². The van der Waals surface area contributed by atoms with Crippen LogP contribution in [-0.4, -0.2) is 11.7 Å². The van der Waals surface area contributed by atoms with Crippen molar-refractivity contribution in [1.29, 1.82) is 0 Å². The molecule has 96 valence electrons. The zero-order valence-electron chi connectivity index (χ0n) is 11.6. The first-order chi connectivity index (χ1) is 7.79. The number of rotatable bonds is 4. The van der Waals surface area contributed by atoms with E-state index in [4.69, 9.17) is 4.74 Å². The maximum absolute atomic E-state index is 9.48. The molecule has 1 unspecified atom stereocenters. The number of hydrogen-bond donors (Lipinski definition) is 1. The van der Waals surface area contributed by atoms with E-state index in [0.717, 1.165) is 29.9 Å². The summed E-state index contributed by atoms with van der Waals surface area (Å²) in [5.41, 5.74) is 2.32. The molecule has 0 aromatic heterocycles. The molecule has 0 aliphatic carbocycles. The zero-order chi connectivity index (χ0) is 13.1. The van der Waals surface area contributed by atoms with Crippen LogP contribution in [-0.2, 0) is 0 Å². The van der Waals surface area contributed by atoms with E-state index in [9.17, 15) is 5.11 Å². The molecule has 0 aliphatic rings. The third-order valence-corrected chi connectivity index (χ3v) is 2.79. The Morgan fingerprint density at radius 1 is 1.29 bits per heavy atom. The van der Waals surface area contributed by atoms with Gasteiger partial charge in [0, 0.05) is 0 Å². The predicted octanol–water partition coefficient (Wildman–Crippen LogP) is 3.86. The molecule has 0 radical (unpaired) electrons. The summed E-state index contributed by atoms with van der Waals surface area (Å²) in [6.45, 7) is 11.1. The molecule has 1 aromatic carbocycles. The summed E-state index contributed by atoms with van der Waals surface area (Å²) < 4.78 is 5.77. The van der Waals surface area contributed by atoms with E-state index in [1.807, 2.05) is 25.1 Å². The molecule has 1 atom stereocenters. The molecule has 1 aromatic rings. The maximum atomic E-state index is 9.48. The summed E-state index contributed by atoms with van der Waals surface area (Å²) in [6, 6.07) is 5.85. The molecule has 0 bridgehead atoms. The fourth-order valence-electron chi connectivity index (χ4n) is 1.56. The molecule has 0 aliphatic heterocycles. The molecule has 17 heavy (non-hydrogen) atoms.